The molecule has 0 aliphatic rings. The molecular formula is C20H23N3O5. The summed E-state index contributed by atoms with van der Waals surface area (Å²) in [6.07, 6.45) is 2.11. The Morgan fingerprint density at radius 1 is 1.25 bits per heavy atom. The van der Waals surface area contributed by atoms with Crippen molar-refractivity contribution in [3.05, 3.63) is 63.7 Å². The minimum atomic E-state index is -0.503. The molecule has 0 radical (unpaired) electrons. The Hall–Kier alpha value is -3.42. The van der Waals surface area contributed by atoms with Gasteiger partial charge < -0.3 is 9.47 Å². The largest absolute Gasteiger partial charge is 0.494 e. The van der Waals surface area contributed by atoms with Crippen molar-refractivity contribution in [2.75, 3.05) is 6.61 Å². The number of hydrogen-bond acceptors (Lipinski definition) is 6. The molecule has 28 heavy (non-hydrogen) atoms. The topological polar surface area (TPSA) is 103 Å². The van der Waals surface area contributed by atoms with Gasteiger partial charge in [-0.25, -0.2) is 5.43 Å². The van der Waals surface area contributed by atoms with E-state index < -0.39 is 10.8 Å². The quantitative estimate of drug-likeness (QED) is 0.400. The Balaban J connectivity index is 2.09. The van der Waals surface area contributed by atoms with Gasteiger partial charge in [0.05, 0.1) is 23.8 Å². The van der Waals surface area contributed by atoms with Crippen molar-refractivity contribution in [1.29, 1.82) is 0 Å². The standard InChI is InChI=1S/C20H23N3O5/c1-4-11-27-18-8-5-15(6-9-18)20(24)22-21-13-16-12-17(23(25)26)7-10-19(16)28-14(2)3/h5-10,12-14H,4,11H2,1-3H3,(H,22,24)/b21-13+. The molecule has 2 aromatic carbocycles. The normalized spacial score (nSPS) is 10.9. The first-order chi connectivity index (χ1) is 13.4. The summed E-state index contributed by atoms with van der Waals surface area (Å²) in [5.74, 6) is 0.722. The van der Waals surface area contributed by atoms with E-state index in [-0.39, 0.29) is 11.8 Å². The van der Waals surface area contributed by atoms with Crippen LogP contribution in [0.3, 0.4) is 0 Å². The number of ether oxygens (including phenoxy) is 2. The number of nitrogens with zero attached hydrogens (tertiary/aromatic N) is 2. The first kappa shape index (κ1) is 20.9. The number of carbonyl (C=O) groups excluding carboxylic acids is 1. The number of carbonyl (C=O) groups is 1. The molecule has 0 heterocycles. The number of nitro benzene ring substituents is 1. The molecule has 2 rings (SSSR count). The first-order valence-corrected chi connectivity index (χ1v) is 8.92. The Labute approximate surface area is 163 Å². The number of hydrogen-bond donors (Lipinski definition) is 1. The lowest BCUT2D eigenvalue weighted by Crippen LogP contribution is -2.17. The monoisotopic (exact) mass is 385 g/mol. The Morgan fingerprint density at radius 2 is 1.96 bits per heavy atom. The molecule has 2 aromatic rings. The Morgan fingerprint density at radius 3 is 2.57 bits per heavy atom. The SMILES string of the molecule is CCCOc1ccc(C(=O)N/N=C/c2cc([N+](=O)[O-])ccc2OC(C)C)cc1. The van der Waals surface area contributed by atoms with Gasteiger partial charge in [-0.1, -0.05) is 6.92 Å². The van der Waals surface area contributed by atoms with Gasteiger partial charge in [-0.05, 0) is 50.6 Å². The van der Waals surface area contributed by atoms with Crippen molar-refractivity contribution in [3.8, 4) is 11.5 Å². The zero-order chi connectivity index (χ0) is 20.5. The average molecular weight is 385 g/mol. The maximum absolute atomic E-state index is 12.2. The van der Waals surface area contributed by atoms with E-state index in [4.69, 9.17) is 9.47 Å². The molecule has 0 fully saturated rings. The van der Waals surface area contributed by atoms with E-state index in [2.05, 4.69) is 10.5 Å². The Bertz CT molecular complexity index is 847. The fourth-order valence-corrected chi connectivity index (χ4v) is 2.26. The fraction of sp³-hybridized carbons (Fsp3) is 0.300. The number of rotatable bonds is 9. The average Bonchev–Trinajstić information content (AvgIpc) is 2.67. The van der Waals surface area contributed by atoms with Crippen LogP contribution in [0.2, 0.25) is 0 Å². The third-order valence-corrected chi connectivity index (χ3v) is 3.53. The summed E-state index contributed by atoms with van der Waals surface area (Å²) < 4.78 is 11.1. The van der Waals surface area contributed by atoms with Crippen LogP contribution in [0.15, 0.2) is 47.6 Å². The molecule has 0 spiro atoms. The van der Waals surface area contributed by atoms with Gasteiger partial charge >= 0.3 is 0 Å². The molecule has 148 valence electrons. The third-order valence-electron chi connectivity index (χ3n) is 3.53. The van der Waals surface area contributed by atoms with Crippen LogP contribution in [0, 0.1) is 10.1 Å². The number of hydrazone groups is 1. The molecule has 0 saturated heterocycles. The van der Waals surface area contributed by atoms with E-state index >= 15 is 0 Å². The van der Waals surface area contributed by atoms with Crippen molar-refractivity contribution in [2.45, 2.75) is 33.3 Å². The predicted octanol–water partition coefficient (Wildman–Crippen LogP) is 3.93. The molecule has 0 aliphatic carbocycles. The van der Waals surface area contributed by atoms with E-state index in [1.807, 2.05) is 20.8 Å². The molecule has 0 bridgehead atoms. The smallest absolute Gasteiger partial charge is 0.271 e. The summed E-state index contributed by atoms with van der Waals surface area (Å²) in [6, 6.07) is 10.9. The van der Waals surface area contributed by atoms with Gasteiger partial charge in [0.25, 0.3) is 11.6 Å². The maximum atomic E-state index is 12.2. The van der Waals surface area contributed by atoms with E-state index in [1.54, 1.807) is 24.3 Å². The minimum absolute atomic E-state index is 0.0912. The Kier molecular flexibility index (Phi) is 7.50. The molecule has 0 aliphatic heterocycles. The third kappa shape index (κ3) is 6.08. The van der Waals surface area contributed by atoms with Crippen molar-refractivity contribution in [2.24, 2.45) is 5.10 Å². The van der Waals surface area contributed by atoms with Crippen LogP contribution in [0.5, 0.6) is 11.5 Å². The molecule has 1 N–H and O–H groups in total. The van der Waals surface area contributed by atoms with Gasteiger partial charge in [0.1, 0.15) is 11.5 Å². The molecule has 0 aromatic heterocycles. The summed E-state index contributed by atoms with van der Waals surface area (Å²) in [5.41, 5.74) is 3.12. The highest BCUT2D eigenvalue weighted by Crippen LogP contribution is 2.23. The van der Waals surface area contributed by atoms with Crippen molar-refractivity contribution in [3.63, 3.8) is 0 Å². The molecule has 8 nitrogen and oxygen atoms in total. The van der Waals surface area contributed by atoms with Gasteiger partial charge in [0, 0.05) is 23.3 Å². The van der Waals surface area contributed by atoms with Crippen LogP contribution in [0.4, 0.5) is 5.69 Å². The second kappa shape index (κ2) is 10.1. The van der Waals surface area contributed by atoms with Gasteiger partial charge in [-0.15, -0.1) is 0 Å². The zero-order valence-electron chi connectivity index (χ0n) is 16.0. The van der Waals surface area contributed by atoms with Crippen LogP contribution in [-0.4, -0.2) is 29.8 Å². The van der Waals surface area contributed by atoms with Crippen LogP contribution in [0.25, 0.3) is 0 Å². The van der Waals surface area contributed by atoms with E-state index in [0.29, 0.717) is 29.2 Å². The first-order valence-electron chi connectivity index (χ1n) is 8.92. The minimum Gasteiger partial charge on any atom is -0.494 e. The molecule has 0 unspecified atom stereocenters. The number of non-ortho nitro benzene ring substituents is 1. The summed E-state index contributed by atoms with van der Waals surface area (Å²) in [5, 5.41) is 14.9. The lowest BCUT2D eigenvalue weighted by molar-refractivity contribution is -0.384. The van der Waals surface area contributed by atoms with Crippen LogP contribution >= 0.6 is 0 Å². The summed E-state index contributed by atoms with van der Waals surface area (Å²) >= 11 is 0. The van der Waals surface area contributed by atoms with Gasteiger partial charge in [-0.3, -0.25) is 14.9 Å². The van der Waals surface area contributed by atoms with E-state index in [1.165, 1.54) is 24.4 Å². The van der Waals surface area contributed by atoms with Crippen LogP contribution in [0.1, 0.15) is 43.1 Å². The highest BCUT2D eigenvalue weighted by atomic mass is 16.6. The predicted molar refractivity (Wildman–Crippen MR) is 106 cm³/mol. The number of amides is 1. The number of nitro groups is 1. The van der Waals surface area contributed by atoms with E-state index in [0.717, 1.165) is 6.42 Å². The second-order valence-electron chi connectivity index (χ2n) is 6.22. The highest BCUT2D eigenvalue weighted by molar-refractivity contribution is 5.95. The van der Waals surface area contributed by atoms with Gasteiger partial charge in [0.15, 0.2) is 0 Å². The fourth-order valence-electron chi connectivity index (χ4n) is 2.26. The summed E-state index contributed by atoms with van der Waals surface area (Å²) in [4.78, 5) is 22.7. The zero-order valence-corrected chi connectivity index (χ0v) is 16.0. The number of nitrogens with one attached hydrogen (secondary N) is 1. The maximum Gasteiger partial charge on any atom is 0.271 e. The van der Waals surface area contributed by atoms with Crippen LogP contribution in [-0.2, 0) is 0 Å². The second-order valence-corrected chi connectivity index (χ2v) is 6.22. The molecule has 0 saturated carbocycles. The van der Waals surface area contributed by atoms with E-state index in [9.17, 15) is 14.9 Å². The van der Waals surface area contributed by atoms with Crippen molar-refractivity contribution in [1.82, 2.24) is 5.43 Å². The van der Waals surface area contributed by atoms with Gasteiger partial charge in [-0.2, -0.15) is 5.10 Å². The van der Waals surface area contributed by atoms with Gasteiger partial charge in [0.2, 0.25) is 0 Å². The lowest BCUT2D eigenvalue weighted by atomic mass is 10.2. The van der Waals surface area contributed by atoms with Crippen LogP contribution < -0.4 is 14.9 Å². The number of benzene rings is 2. The van der Waals surface area contributed by atoms with Crippen molar-refractivity contribution >= 4 is 17.8 Å². The molecular weight excluding hydrogens is 362 g/mol. The lowest BCUT2D eigenvalue weighted by Gasteiger charge is -2.11. The molecule has 8 heteroatoms. The summed E-state index contributed by atoms with van der Waals surface area (Å²) in [7, 11) is 0. The summed E-state index contributed by atoms with van der Waals surface area (Å²) in [6.45, 7) is 6.31. The van der Waals surface area contributed by atoms with Crippen molar-refractivity contribution < 1.29 is 19.2 Å². The molecule has 0 atom stereocenters. The highest BCUT2D eigenvalue weighted by Gasteiger charge is 2.12. The molecule has 1 amide bonds.